The van der Waals surface area contributed by atoms with Crippen molar-refractivity contribution < 1.29 is 19.4 Å². The van der Waals surface area contributed by atoms with Gasteiger partial charge in [0, 0.05) is 12.4 Å². The van der Waals surface area contributed by atoms with Crippen LogP contribution in [0.5, 0.6) is 0 Å². The quantitative estimate of drug-likeness (QED) is 0.696. The molecule has 1 N–H and O–H groups in total. The maximum atomic E-state index is 11.2. The van der Waals surface area contributed by atoms with Crippen LogP contribution in [0.1, 0.15) is 5.56 Å². The molecule has 96 valence electrons. The number of hydrogen-bond donors (Lipinski definition) is 1. The molecule has 6 heteroatoms. The molecule has 0 aliphatic heterocycles. The van der Waals surface area contributed by atoms with Crippen molar-refractivity contribution in [1.29, 1.82) is 0 Å². The molecule has 0 aromatic carbocycles. The van der Waals surface area contributed by atoms with Crippen molar-refractivity contribution in [2.24, 2.45) is 0 Å². The molecule has 1 atom stereocenters. The predicted octanol–water partition coefficient (Wildman–Crippen LogP) is -0.345. The van der Waals surface area contributed by atoms with Crippen molar-refractivity contribution in [2.75, 3.05) is 6.61 Å². The Morgan fingerprint density at radius 2 is 2.39 bits per heavy atom. The number of nitrogens with zero attached hydrogens (tertiary/aromatic N) is 1. The molecule has 1 rings (SSSR count). The average molecular weight is 249 g/mol. The van der Waals surface area contributed by atoms with Gasteiger partial charge in [0.25, 0.3) is 0 Å². The summed E-state index contributed by atoms with van der Waals surface area (Å²) in [7, 11) is 0. The van der Waals surface area contributed by atoms with Gasteiger partial charge < -0.3 is 20.0 Å². The van der Waals surface area contributed by atoms with Crippen molar-refractivity contribution in [3.63, 3.8) is 0 Å². The van der Waals surface area contributed by atoms with E-state index in [4.69, 9.17) is 0 Å². The zero-order valence-electron chi connectivity index (χ0n) is 9.67. The third-order valence-corrected chi connectivity index (χ3v) is 2.07. The molecule has 0 unspecified atom stereocenters. The lowest BCUT2D eigenvalue weighted by Gasteiger charge is -2.19. The van der Waals surface area contributed by atoms with E-state index in [1.54, 1.807) is 18.3 Å². The second-order valence-electron chi connectivity index (χ2n) is 3.47. The second-order valence-corrected chi connectivity index (χ2v) is 3.47. The van der Waals surface area contributed by atoms with E-state index in [1.165, 1.54) is 12.3 Å². The molecule has 18 heavy (non-hydrogen) atoms. The minimum atomic E-state index is -1.38. The number of amides is 1. The van der Waals surface area contributed by atoms with Crippen LogP contribution in [0.4, 0.5) is 4.79 Å². The summed E-state index contributed by atoms with van der Waals surface area (Å²) >= 11 is 0. The van der Waals surface area contributed by atoms with Crippen LogP contribution in [0, 0.1) is 0 Å². The highest BCUT2D eigenvalue weighted by Crippen LogP contribution is 2.01. The molecule has 6 nitrogen and oxygen atoms in total. The van der Waals surface area contributed by atoms with E-state index in [1.807, 2.05) is 0 Å². The molecule has 0 aliphatic carbocycles. The molecule has 0 radical (unpaired) electrons. The SMILES string of the molecule is C=CCOC(=O)N[C@@H](Cc1cccnc1)C(=O)[O-]. The van der Waals surface area contributed by atoms with Gasteiger partial charge in [-0.15, -0.1) is 0 Å². The predicted molar refractivity (Wildman–Crippen MR) is 61.4 cm³/mol. The van der Waals surface area contributed by atoms with E-state index in [2.05, 4.69) is 21.6 Å². The van der Waals surface area contributed by atoms with Crippen molar-refractivity contribution in [3.05, 3.63) is 42.7 Å². The van der Waals surface area contributed by atoms with E-state index in [0.29, 0.717) is 5.56 Å². The Morgan fingerprint density at radius 3 is 2.94 bits per heavy atom. The molecular formula is C12H13N2O4-. The molecule has 1 aromatic heterocycles. The number of hydrogen-bond acceptors (Lipinski definition) is 5. The number of aromatic nitrogens is 1. The summed E-state index contributed by atoms with van der Waals surface area (Å²) in [6.45, 7) is 3.39. The lowest BCUT2D eigenvalue weighted by atomic mass is 10.1. The number of pyridine rings is 1. The summed E-state index contributed by atoms with van der Waals surface area (Å²) in [5.74, 6) is -1.38. The van der Waals surface area contributed by atoms with Crippen molar-refractivity contribution >= 4 is 12.1 Å². The first-order valence-electron chi connectivity index (χ1n) is 5.27. The maximum absolute atomic E-state index is 11.2. The average Bonchev–Trinajstić information content (AvgIpc) is 2.36. The summed E-state index contributed by atoms with van der Waals surface area (Å²) in [5, 5.41) is 13.1. The number of nitrogens with one attached hydrogen (secondary N) is 1. The summed E-state index contributed by atoms with van der Waals surface area (Å²) in [4.78, 5) is 26.0. The molecule has 0 saturated heterocycles. The van der Waals surface area contributed by atoms with Gasteiger partial charge in [0.15, 0.2) is 0 Å². The smallest absolute Gasteiger partial charge is 0.407 e. The van der Waals surface area contributed by atoms with Crippen LogP contribution >= 0.6 is 0 Å². The Bertz CT molecular complexity index is 419. The molecule has 1 aromatic rings. The highest BCUT2D eigenvalue weighted by Gasteiger charge is 2.14. The van der Waals surface area contributed by atoms with Gasteiger partial charge in [-0.2, -0.15) is 0 Å². The first kappa shape index (κ1) is 13.7. The van der Waals surface area contributed by atoms with Crippen LogP contribution in [0.15, 0.2) is 37.2 Å². The van der Waals surface area contributed by atoms with Crippen molar-refractivity contribution in [3.8, 4) is 0 Å². The van der Waals surface area contributed by atoms with Gasteiger partial charge in [-0.05, 0) is 18.1 Å². The van der Waals surface area contributed by atoms with Gasteiger partial charge in [0.1, 0.15) is 6.61 Å². The van der Waals surface area contributed by atoms with E-state index < -0.39 is 18.1 Å². The van der Waals surface area contributed by atoms with Gasteiger partial charge in [0.2, 0.25) is 0 Å². The molecule has 0 bridgehead atoms. The zero-order chi connectivity index (χ0) is 13.4. The highest BCUT2D eigenvalue weighted by atomic mass is 16.5. The lowest BCUT2D eigenvalue weighted by Crippen LogP contribution is -2.49. The number of carbonyl (C=O) groups excluding carboxylic acids is 2. The highest BCUT2D eigenvalue weighted by molar-refractivity contribution is 5.78. The van der Waals surface area contributed by atoms with Crippen LogP contribution in [-0.4, -0.2) is 29.7 Å². The number of alkyl carbamates (subject to hydrolysis) is 1. The Morgan fingerprint density at radius 1 is 1.61 bits per heavy atom. The third kappa shape index (κ3) is 4.65. The minimum Gasteiger partial charge on any atom is -0.548 e. The Labute approximate surface area is 104 Å². The molecule has 1 amide bonds. The van der Waals surface area contributed by atoms with Crippen LogP contribution in [0.25, 0.3) is 0 Å². The van der Waals surface area contributed by atoms with Gasteiger partial charge >= 0.3 is 6.09 Å². The van der Waals surface area contributed by atoms with E-state index in [0.717, 1.165) is 0 Å². The normalized spacial score (nSPS) is 11.3. The Kier molecular flexibility index (Phi) is 5.37. The number of carboxylic acids is 1. The van der Waals surface area contributed by atoms with E-state index in [9.17, 15) is 14.7 Å². The topological polar surface area (TPSA) is 91.3 Å². The zero-order valence-corrected chi connectivity index (χ0v) is 9.67. The number of rotatable bonds is 6. The van der Waals surface area contributed by atoms with Gasteiger partial charge in [-0.3, -0.25) is 4.98 Å². The van der Waals surface area contributed by atoms with Crippen LogP contribution in [0.2, 0.25) is 0 Å². The Hall–Kier alpha value is -2.37. The largest absolute Gasteiger partial charge is 0.548 e. The summed E-state index contributed by atoms with van der Waals surface area (Å²) in [5.41, 5.74) is 0.677. The molecule has 0 saturated carbocycles. The van der Waals surface area contributed by atoms with Crippen LogP contribution in [-0.2, 0) is 16.0 Å². The molecule has 0 fully saturated rings. The van der Waals surface area contributed by atoms with Crippen molar-refractivity contribution in [2.45, 2.75) is 12.5 Å². The number of carbonyl (C=O) groups is 2. The standard InChI is InChI=1S/C12H14N2O4/c1-2-6-18-12(17)14-10(11(15)16)7-9-4-3-5-13-8-9/h2-5,8,10H,1,6-7H2,(H,14,17)(H,15,16)/p-1/t10-/m0/s1. The number of aliphatic carboxylic acids is 1. The number of carboxylic acid groups (broad SMARTS) is 1. The molecular weight excluding hydrogens is 236 g/mol. The minimum absolute atomic E-state index is 0.0124. The lowest BCUT2D eigenvalue weighted by molar-refractivity contribution is -0.308. The molecule has 1 heterocycles. The first-order valence-corrected chi connectivity index (χ1v) is 5.27. The van der Waals surface area contributed by atoms with E-state index >= 15 is 0 Å². The fourth-order valence-electron chi connectivity index (χ4n) is 1.27. The van der Waals surface area contributed by atoms with Gasteiger partial charge in [-0.1, -0.05) is 18.7 Å². The third-order valence-electron chi connectivity index (χ3n) is 2.07. The van der Waals surface area contributed by atoms with Gasteiger partial charge in [0.05, 0.1) is 12.0 Å². The molecule has 0 spiro atoms. The second kappa shape index (κ2) is 7.05. The van der Waals surface area contributed by atoms with Crippen molar-refractivity contribution in [1.82, 2.24) is 10.3 Å². The van der Waals surface area contributed by atoms with Gasteiger partial charge in [-0.25, -0.2) is 4.79 Å². The molecule has 0 aliphatic rings. The summed E-state index contributed by atoms with van der Waals surface area (Å²) < 4.78 is 4.63. The monoisotopic (exact) mass is 249 g/mol. The van der Waals surface area contributed by atoms with Crippen LogP contribution < -0.4 is 10.4 Å². The number of ether oxygens (including phenoxy) is 1. The fraction of sp³-hybridized carbons (Fsp3) is 0.250. The summed E-state index contributed by atoms with van der Waals surface area (Å²) in [6, 6.07) is 2.23. The van der Waals surface area contributed by atoms with Crippen LogP contribution in [0.3, 0.4) is 0 Å². The van der Waals surface area contributed by atoms with E-state index in [-0.39, 0.29) is 13.0 Å². The Balaban J connectivity index is 2.58. The summed E-state index contributed by atoms with van der Waals surface area (Å²) in [6.07, 6.45) is 3.73. The maximum Gasteiger partial charge on any atom is 0.407 e. The first-order chi connectivity index (χ1) is 8.63. The fourth-order valence-corrected chi connectivity index (χ4v) is 1.27.